The molecule has 0 heterocycles. The van der Waals surface area contributed by atoms with E-state index < -0.39 is 0 Å². The zero-order valence-electron chi connectivity index (χ0n) is 10.3. The molecule has 1 aromatic rings. The van der Waals surface area contributed by atoms with Crippen LogP contribution in [0.2, 0.25) is 0 Å². The lowest BCUT2D eigenvalue weighted by atomic mass is 9.94. The van der Waals surface area contributed by atoms with Crippen LogP contribution in [0.3, 0.4) is 0 Å². The van der Waals surface area contributed by atoms with E-state index in [2.05, 4.69) is 11.4 Å². The van der Waals surface area contributed by atoms with Gasteiger partial charge < -0.3 is 16.2 Å². The summed E-state index contributed by atoms with van der Waals surface area (Å²) in [6, 6.07) is 7.39. The number of hydrogen-bond donors (Lipinski definition) is 3. The van der Waals surface area contributed by atoms with Crippen LogP contribution in [0.1, 0.15) is 32.3 Å². The number of nitrogens with one attached hydrogen (secondary N) is 1. The number of para-hydroxylation sites is 1. The van der Waals surface area contributed by atoms with Crippen LogP contribution in [0.4, 0.5) is 11.4 Å². The number of aliphatic hydroxyl groups is 1. The second-order valence-corrected chi connectivity index (χ2v) is 4.39. The van der Waals surface area contributed by atoms with E-state index in [1.165, 1.54) is 0 Å². The quantitative estimate of drug-likeness (QED) is 0.680. The fourth-order valence-corrected chi connectivity index (χ4v) is 1.67. The summed E-state index contributed by atoms with van der Waals surface area (Å²) in [7, 11) is 0. The number of aliphatic hydroxyl groups excluding tert-OH is 1. The highest BCUT2D eigenvalue weighted by atomic mass is 16.3. The summed E-state index contributed by atoms with van der Waals surface area (Å²) in [6.45, 7) is 4.20. The normalized spacial score (nSPS) is 13.8. The van der Waals surface area contributed by atoms with Crippen LogP contribution in [0.25, 0.3) is 0 Å². The molecule has 0 radical (unpaired) electrons. The second-order valence-electron chi connectivity index (χ2n) is 4.39. The Hall–Kier alpha value is -1.73. The molecule has 0 aliphatic rings. The number of hydrogen-bond acceptors (Lipinski definition) is 4. The number of nitrogens with zero attached hydrogens (tertiary/aromatic N) is 1. The maximum atomic E-state index is 9.06. The van der Waals surface area contributed by atoms with Crippen LogP contribution in [0, 0.1) is 11.3 Å². The van der Waals surface area contributed by atoms with Gasteiger partial charge in [-0.25, -0.2) is 0 Å². The van der Waals surface area contributed by atoms with Crippen molar-refractivity contribution in [2.45, 2.75) is 32.2 Å². The molecule has 0 spiro atoms. The first-order valence-corrected chi connectivity index (χ1v) is 5.74. The molecule has 92 valence electrons. The summed E-state index contributed by atoms with van der Waals surface area (Å²) in [6.07, 6.45) is 1.50. The lowest BCUT2D eigenvalue weighted by Gasteiger charge is -2.31. The number of benzene rings is 1. The van der Waals surface area contributed by atoms with Gasteiger partial charge in [-0.2, -0.15) is 5.26 Å². The summed E-state index contributed by atoms with van der Waals surface area (Å²) in [4.78, 5) is 0. The van der Waals surface area contributed by atoms with E-state index in [0.29, 0.717) is 17.7 Å². The fourth-order valence-electron chi connectivity index (χ4n) is 1.67. The highest BCUT2D eigenvalue weighted by molar-refractivity contribution is 5.73. The van der Waals surface area contributed by atoms with Crippen LogP contribution in [-0.4, -0.2) is 17.3 Å². The van der Waals surface area contributed by atoms with Crippen molar-refractivity contribution in [2.75, 3.05) is 17.7 Å². The Bertz CT molecular complexity index is 425. The lowest BCUT2D eigenvalue weighted by Crippen LogP contribution is -2.35. The third-order valence-electron chi connectivity index (χ3n) is 3.11. The Kier molecular flexibility index (Phi) is 4.36. The van der Waals surface area contributed by atoms with Crippen molar-refractivity contribution in [3.05, 3.63) is 23.8 Å². The van der Waals surface area contributed by atoms with Gasteiger partial charge in [0.25, 0.3) is 0 Å². The van der Waals surface area contributed by atoms with E-state index in [1.54, 1.807) is 12.1 Å². The standard InChI is InChI=1S/C13H19N3O/c1-3-13(2,7-8-17)16-11-6-4-5-10(9-14)12(11)15/h4-6,16-17H,3,7-8,15H2,1-2H3. The molecule has 4 N–H and O–H groups in total. The summed E-state index contributed by atoms with van der Waals surface area (Å²) in [5.74, 6) is 0. The number of rotatable bonds is 5. The predicted molar refractivity (Wildman–Crippen MR) is 69.6 cm³/mol. The molecule has 1 rings (SSSR count). The van der Waals surface area contributed by atoms with Crippen molar-refractivity contribution in [2.24, 2.45) is 0 Å². The molecule has 0 aliphatic carbocycles. The first kappa shape index (κ1) is 13.3. The van der Waals surface area contributed by atoms with Crippen molar-refractivity contribution in [3.8, 4) is 6.07 Å². The Balaban J connectivity index is 2.99. The van der Waals surface area contributed by atoms with Gasteiger partial charge in [-0.3, -0.25) is 0 Å². The SMILES string of the molecule is CCC(C)(CCO)Nc1cccc(C#N)c1N. The fraction of sp³-hybridized carbons (Fsp3) is 0.462. The molecule has 1 unspecified atom stereocenters. The predicted octanol–water partition coefficient (Wildman–Crippen LogP) is 2.10. The Morgan fingerprint density at radius 1 is 1.53 bits per heavy atom. The van der Waals surface area contributed by atoms with Gasteiger partial charge >= 0.3 is 0 Å². The van der Waals surface area contributed by atoms with Crippen LogP contribution >= 0.6 is 0 Å². The van der Waals surface area contributed by atoms with Gasteiger partial charge in [0, 0.05) is 12.1 Å². The number of nitrogen functional groups attached to an aromatic ring is 1. The minimum atomic E-state index is -0.211. The third kappa shape index (κ3) is 3.11. The molecule has 0 aliphatic heterocycles. The summed E-state index contributed by atoms with van der Waals surface area (Å²) < 4.78 is 0. The van der Waals surface area contributed by atoms with E-state index in [-0.39, 0.29) is 12.1 Å². The van der Waals surface area contributed by atoms with Gasteiger partial charge in [0.2, 0.25) is 0 Å². The van der Waals surface area contributed by atoms with Crippen LogP contribution in [0.5, 0.6) is 0 Å². The van der Waals surface area contributed by atoms with Crippen molar-refractivity contribution >= 4 is 11.4 Å². The van der Waals surface area contributed by atoms with Crippen molar-refractivity contribution in [3.63, 3.8) is 0 Å². The highest BCUT2D eigenvalue weighted by Crippen LogP contribution is 2.28. The van der Waals surface area contributed by atoms with E-state index in [0.717, 1.165) is 12.1 Å². The second kappa shape index (κ2) is 5.55. The topological polar surface area (TPSA) is 82.1 Å². The zero-order valence-corrected chi connectivity index (χ0v) is 10.3. The summed E-state index contributed by atoms with van der Waals surface area (Å²) >= 11 is 0. The third-order valence-corrected chi connectivity index (χ3v) is 3.11. The highest BCUT2D eigenvalue weighted by Gasteiger charge is 2.22. The van der Waals surface area contributed by atoms with E-state index in [4.69, 9.17) is 16.1 Å². The lowest BCUT2D eigenvalue weighted by molar-refractivity contribution is 0.252. The van der Waals surface area contributed by atoms with Crippen molar-refractivity contribution < 1.29 is 5.11 Å². The van der Waals surface area contributed by atoms with Gasteiger partial charge in [-0.05, 0) is 31.9 Å². The van der Waals surface area contributed by atoms with Gasteiger partial charge in [0.05, 0.1) is 16.9 Å². The molecule has 17 heavy (non-hydrogen) atoms. The molecule has 0 saturated heterocycles. The molecule has 0 fully saturated rings. The minimum absolute atomic E-state index is 0.120. The average molecular weight is 233 g/mol. The molecule has 0 aromatic heterocycles. The number of nitriles is 1. The van der Waals surface area contributed by atoms with Crippen molar-refractivity contribution in [1.82, 2.24) is 0 Å². The van der Waals surface area contributed by atoms with Crippen molar-refractivity contribution in [1.29, 1.82) is 5.26 Å². The first-order chi connectivity index (χ1) is 8.06. The molecule has 1 atom stereocenters. The maximum absolute atomic E-state index is 9.06. The van der Waals surface area contributed by atoms with Gasteiger partial charge in [0.15, 0.2) is 0 Å². The van der Waals surface area contributed by atoms with E-state index >= 15 is 0 Å². The molecule has 0 amide bonds. The number of anilines is 2. The van der Waals surface area contributed by atoms with Crippen LogP contribution < -0.4 is 11.1 Å². The molecule has 4 nitrogen and oxygen atoms in total. The minimum Gasteiger partial charge on any atom is -0.396 e. The Morgan fingerprint density at radius 3 is 2.76 bits per heavy atom. The molecule has 0 bridgehead atoms. The van der Waals surface area contributed by atoms with Gasteiger partial charge in [-0.1, -0.05) is 13.0 Å². The van der Waals surface area contributed by atoms with Gasteiger partial charge in [-0.15, -0.1) is 0 Å². The molecule has 0 saturated carbocycles. The molecular weight excluding hydrogens is 214 g/mol. The smallest absolute Gasteiger partial charge is 0.101 e. The molecular formula is C13H19N3O. The van der Waals surface area contributed by atoms with Crippen LogP contribution in [0.15, 0.2) is 18.2 Å². The first-order valence-electron chi connectivity index (χ1n) is 5.74. The van der Waals surface area contributed by atoms with E-state index in [9.17, 15) is 0 Å². The summed E-state index contributed by atoms with van der Waals surface area (Å²) in [5.41, 5.74) is 7.38. The summed E-state index contributed by atoms with van der Waals surface area (Å²) in [5, 5.41) is 21.3. The molecule has 4 heteroatoms. The maximum Gasteiger partial charge on any atom is 0.101 e. The largest absolute Gasteiger partial charge is 0.396 e. The monoisotopic (exact) mass is 233 g/mol. The van der Waals surface area contributed by atoms with Gasteiger partial charge in [0.1, 0.15) is 6.07 Å². The Labute approximate surface area is 102 Å². The molecule has 1 aromatic carbocycles. The average Bonchev–Trinajstić information content (AvgIpc) is 2.32. The van der Waals surface area contributed by atoms with Crippen LogP contribution in [-0.2, 0) is 0 Å². The zero-order chi connectivity index (χ0) is 12.9. The van der Waals surface area contributed by atoms with E-state index in [1.807, 2.05) is 19.9 Å². The number of nitrogens with two attached hydrogens (primary N) is 1. The Morgan fingerprint density at radius 2 is 2.24 bits per heavy atom.